The lowest BCUT2D eigenvalue weighted by atomic mass is 10.2. The van der Waals surface area contributed by atoms with Gasteiger partial charge in [-0.1, -0.05) is 39.0 Å². The summed E-state index contributed by atoms with van der Waals surface area (Å²) in [6.07, 6.45) is 2.48. The molecule has 1 unspecified atom stereocenters. The highest BCUT2D eigenvalue weighted by atomic mass is 32.3. The maximum atomic E-state index is 12.7. The van der Waals surface area contributed by atoms with E-state index in [1.165, 1.54) is 11.8 Å². The first-order valence-electron chi connectivity index (χ1n) is 7.83. The number of allylic oxidation sites excluding steroid dienone is 1. The molecule has 2 rings (SSSR count). The molecule has 1 atom stereocenters. The number of thioether (sulfide) groups is 1. The molecule has 1 aromatic rings. The van der Waals surface area contributed by atoms with E-state index in [1.807, 2.05) is 12.1 Å². The fourth-order valence-corrected chi connectivity index (χ4v) is 6.48. The summed E-state index contributed by atoms with van der Waals surface area (Å²) in [7, 11) is -5.14. The van der Waals surface area contributed by atoms with Gasteiger partial charge in [0.2, 0.25) is 8.32 Å². The van der Waals surface area contributed by atoms with Gasteiger partial charge in [-0.15, -0.1) is 11.8 Å². The maximum absolute atomic E-state index is 12.7. The van der Waals surface area contributed by atoms with Crippen molar-refractivity contribution in [3.63, 3.8) is 0 Å². The average Bonchev–Trinajstić information content (AvgIpc) is 2.47. The van der Waals surface area contributed by atoms with Crippen LogP contribution in [0.15, 0.2) is 47.1 Å². The quantitative estimate of drug-likeness (QED) is 0.712. The zero-order chi connectivity index (χ0) is 17.3. The summed E-state index contributed by atoms with van der Waals surface area (Å²) in [5, 5.41) is 0.144. The highest BCUT2D eigenvalue weighted by Crippen LogP contribution is 2.40. The molecule has 0 saturated heterocycles. The van der Waals surface area contributed by atoms with Crippen molar-refractivity contribution in [1.82, 2.24) is 0 Å². The van der Waals surface area contributed by atoms with Crippen molar-refractivity contribution in [2.45, 2.75) is 54.8 Å². The van der Waals surface area contributed by atoms with Gasteiger partial charge in [0.25, 0.3) is 0 Å². The van der Waals surface area contributed by atoms with Crippen LogP contribution in [0.25, 0.3) is 0 Å². The van der Waals surface area contributed by atoms with Gasteiger partial charge < -0.3 is 4.43 Å². The first-order chi connectivity index (χ1) is 10.5. The molecule has 0 fully saturated rings. The molecular weight excluding hydrogens is 344 g/mol. The van der Waals surface area contributed by atoms with Crippen molar-refractivity contribution in [1.29, 1.82) is 0 Å². The van der Waals surface area contributed by atoms with E-state index in [-0.39, 0.29) is 5.04 Å². The van der Waals surface area contributed by atoms with Crippen LogP contribution >= 0.6 is 11.8 Å². The standard InChI is InChI=1S/C17H26O3S2Si/c1-17(2,3)23(4,5)20-14-11-12-16(21-13-14)22(18,19)15-9-7-6-8-10-15/h6-11,16H,12-13H2,1-5H3. The first kappa shape index (κ1) is 18.6. The van der Waals surface area contributed by atoms with E-state index in [2.05, 4.69) is 33.9 Å². The molecule has 1 heterocycles. The Labute approximate surface area is 145 Å². The highest BCUT2D eigenvalue weighted by Gasteiger charge is 2.40. The van der Waals surface area contributed by atoms with E-state index in [0.29, 0.717) is 17.1 Å². The van der Waals surface area contributed by atoms with Crippen LogP contribution in [0.5, 0.6) is 0 Å². The minimum atomic E-state index is -3.28. The normalized spacial score (nSPS) is 20.0. The topological polar surface area (TPSA) is 43.4 Å². The highest BCUT2D eigenvalue weighted by molar-refractivity contribution is 8.13. The van der Waals surface area contributed by atoms with Crippen LogP contribution in [0.4, 0.5) is 0 Å². The van der Waals surface area contributed by atoms with Gasteiger partial charge in [-0.2, -0.15) is 0 Å². The molecule has 6 heteroatoms. The molecule has 0 bridgehead atoms. The number of hydrogen-bond acceptors (Lipinski definition) is 4. The molecule has 128 valence electrons. The van der Waals surface area contributed by atoms with Crippen LogP contribution in [0.3, 0.4) is 0 Å². The lowest BCUT2D eigenvalue weighted by molar-refractivity contribution is 0.385. The van der Waals surface area contributed by atoms with Crippen molar-refractivity contribution < 1.29 is 12.8 Å². The number of benzene rings is 1. The lowest BCUT2D eigenvalue weighted by Gasteiger charge is -2.38. The Hall–Kier alpha value is -0.723. The third-order valence-corrected chi connectivity index (χ3v) is 12.9. The Morgan fingerprint density at radius 1 is 1.17 bits per heavy atom. The van der Waals surface area contributed by atoms with Crippen LogP contribution in [0, 0.1) is 0 Å². The third-order valence-electron chi connectivity index (χ3n) is 4.56. The Morgan fingerprint density at radius 2 is 1.78 bits per heavy atom. The van der Waals surface area contributed by atoms with Crippen LogP contribution in [0.2, 0.25) is 18.1 Å². The summed E-state index contributed by atoms with van der Waals surface area (Å²) in [5.74, 6) is 1.57. The summed E-state index contributed by atoms with van der Waals surface area (Å²) in [5.41, 5.74) is 0. The van der Waals surface area contributed by atoms with Crippen molar-refractivity contribution >= 4 is 29.9 Å². The second-order valence-electron chi connectivity index (χ2n) is 7.37. The van der Waals surface area contributed by atoms with Gasteiger partial charge in [-0.3, -0.25) is 0 Å². The summed E-state index contributed by atoms with van der Waals surface area (Å²) < 4.78 is 31.2. The van der Waals surface area contributed by atoms with Crippen molar-refractivity contribution in [3.05, 3.63) is 42.2 Å². The molecule has 1 aliphatic rings. The SMILES string of the molecule is CC(C)(C)[Si](C)(C)OC1=CCC(S(=O)(=O)c2ccccc2)SC1. The van der Waals surface area contributed by atoms with Crippen molar-refractivity contribution in [2.24, 2.45) is 0 Å². The Kier molecular flexibility index (Phi) is 5.38. The van der Waals surface area contributed by atoms with Crippen LogP contribution in [-0.2, 0) is 14.3 Å². The van der Waals surface area contributed by atoms with Gasteiger partial charge in [0.15, 0.2) is 9.84 Å². The number of rotatable bonds is 4. The number of hydrogen-bond donors (Lipinski definition) is 0. The Bertz CT molecular complexity index is 674. The average molecular weight is 371 g/mol. The minimum absolute atomic E-state index is 0.144. The molecule has 0 N–H and O–H groups in total. The summed E-state index contributed by atoms with van der Waals surface area (Å²) in [6.45, 7) is 11.0. The van der Waals surface area contributed by atoms with E-state index >= 15 is 0 Å². The molecule has 0 amide bonds. The lowest BCUT2D eigenvalue weighted by Crippen LogP contribution is -2.41. The predicted molar refractivity (Wildman–Crippen MR) is 101 cm³/mol. The van der Waals surface area contributed by atoms with Crippen molar-refractivity contribution in [2.75, 3.05) is 5.75 Å². The minimum Gasteiger partial charge on any atom is -0.546 e. The fraction of sp³-hybridized carbons (Fsp3) is 0.529. The van der Waals surface area contributed by atoms with Crippen molar-refractivity contribution in [3.8, 4) is 0 Å². The molecule has 0 radical (unpaired) electrons. The van der Waals surface area contributed by atoms with E-state index in [4.69, 9.17) is 4.43 Å². The van der Waals surface area contributed by atoms with E-state index in [1.54, 1.807) is 24.3 Å². The second kappa shape index (κ2) is 6.65. The van der Waals surface area contributed by atoms with Crippen LogP contribution in [0.1, 0.15) is 27.2 Å². The zero-order valence-electron chi connectivity index (χ0n) is 14.5. The monoisotopic (exact) mass is 370 g/mol. The van der Waals surface area contributed by atoms with Gasteiger partial charge in [-0.05, 0) is 42.8 Å². The van der Waals surface area contributed by atoms with Gasteiger partial charge in [-0.25, -0.2) is 8.42 Å². The molecule has 0 aliphatic carbocycles. The van der Waals surface area contributed by atoms with E-state index in [0.717, 1.165) is 5.76 Å². The molecule has 23 heavy (non-hydrogen) atoms. The molecule has 0 spiro atoms. The van der Waals surface area contributed by atoms with E-state index < -0.39 is 22.7 Å². The van der Waals surface area contributed by atoms with Gasteiger partial charge in [0.05, 0.1) is 16.4 Å². The van der Waals surface area contributed by atoms with Crippen LogP contribution < -0.4 is 0 Å². The smallest absolute Gasteiger partial charge is 0.250 e. The third kappa shape index (κ3) is 4.22. The predicted octanol–water partition coefficient (Wildman–Crippen LogP) is 4.83. The molecule has 0 aromatic heterocycles. The van der Waals surface area contributed by atoms with Gasteiger partial charge >= 0.3 is 0 Å². The van der Waals surface area contributed by atoms with E-state index in [9.17, 15) is 8.42 Å². The summed E-state index contributed by atoms with van der Waals surface area (Å²) in [6, 6.07) is 8.70. The Balaban J connectivity index is 2.10. The first-order valence-corrected chi connectivity index (χ1v) is 13.3. The fourth-order valence-electron chi connectivity index (χ4n) is 2.06. The maximum Gasteiger partial charge on any atom is 0.250 e. The molecule has 1 aromatic carbocycles. The summed E-state index contributed by atoms with van der Waals surface area (Å²) in [4.78, 5) is 0.402. The molecule has 3 nitrogen and oxygen atoms in total. The second-order valence-corrected chi connectivity index (χ2v) is 15.7. The van der Waals surface area contributed by atoms with Gasteiger partial charge in [0.1, 0.15) is 4.58 Å². The van der Waals surface area contributed by atoms with Crippen LogP contribution in [-0.4, -0.2) is 27.1 Å². The molecule has 1 aliphatic heterocycles. The largest absolute Gasteiger partial charge is 0.546 e. The Morgan fingerprint density at radius 3 is 2.26 bits per heavy atom. The molecular formula is C17H26O3S2Si. The number of sulfone groups is 1. The zero-order valence-corrected chi connectivity index (χ0v) is 17.1. The summed E-state index contributed by atoms with van der Waals surface area (Å²) >= 11 is 1.47. The molecule has 0 saturated carbocycles. The van der Waals surface area contributed by atoms with Gasteiger partial charge in [0, 0.05) is 0 Å².